The summed E-state index contributed by atoms with van der Waals surface area (Å²) in [6, 6.07) is 4.12. The summed E-state index contributed by atoms with van der Waals surface area (Å²) >= 11 is 0. The van der Waals surface area contributed by atoms with Gasteiger partial charge in [-0.05, 0) is 49.3 Å². The van der Waals surface area contributed by atoms with Crippen LogP contribution in [-0.4, -0.2) is 6.54 Å². The van der Waals surface area contributed by atoms with Crippen LogP contribution in [0.15, 0.2) is 18.2 Å². The first-order valence-corrected chi connectivity index (χ1v) is 6.81. The van der Waals surface area contributed by atoms with E-state index in [4.69, 9.17) is 5.73 Å². The zero-order valence-corrected chi connectivity index (χ0v) is 10.8. The molecule has 0 heterocycles. The molecular formula is C15H21F2N. The Bertz CT molecular complexity index is 385. The lowest BCUT2D eigenvalue weighted by Crippen LogP contribution is -2.30. The average molecular weight is 253 g/mol. The zero-order valence-electron chi connectivity index (χ0n) is 10.8. The van der Waals surface area contributed by atoms with Crippen LogP contribution in [0.2, 0.25) is 0 Å². The first kappa shape index (κ1) is 13.5. The minimum absolute atomic E-state index is 0.0603. The minimum atomic E-state index is -0.421. The van der Waals surface area contributed by atoms with Gasteiger partial charge in [-0.3, -0.25) is 0 Å². The standard InChI is InChI=1S/C15H21F2N/c1-2-10-6-7-11(9-18)12(8-10)15-13(16)4-3-5-14(15)17/h3-5,10-12H,2,6-9,18H2,1H3. The zero-order chi connectivity index (χ0) is 13.1. The lowest BCUT2D eigenvalue weighted by Gasteiger charge is -2.36. The molecule has 0 saturated heterocycles. The predicted molar refractivity (Wildman–Crippen MR) is 69.3 cm³/mol. The third-order valence-electron chi connectivity index (χ3n) is 4.35. The molecule has 1 saturated carbocycles. The fraction of sp³-hybridized carbons (Fsp3) is 0.600. The van der Waals surface area contributed by atoms with Gasteiger partial charge in [0.1, 0.15) is 11.6 Å². The molecule has 100 valence electrons. The third-order valence-corrected chi connectivity index (χ3v) is 4.35. The molecule has 18 heavy (non-hydrogen) atoms. The monoisotopic (exact) mass is 253 g/mol. The van der Waals surface area contributed by atoms with E-state index < -0.39 is 11.6 Å². The molecule has 1 aromatic rings. The van der Waals surface area contributed by atoms with E-state index >= 15 is 0 Å². The molecule has 3 unspecified atom stereocenters. The van der Waals surface area contributed by atoms with Crippen LogP contribution in [0.5, 0.6) is 0 Å². The Morgan fingerprint density at radius 1 is 1.22 bits per heavy atom. The van der Waals surface area contributed by atoms with Crippen molar-refractivity contribution >= 4 is 0 Å². The third kappa shape index (κ3) is 2.56. The largest absolute Gasteiger partial charge is 0.330 e. The van der Waals surface area contributed by atoms with Crippen molar-refractivity contribution < 1.29 is 8.78 Å². The SMILES string of the molecule is CCC1CCC(CN)C(c2c(F)cccc2F)C1. The van der Waals surface area contributed by atoms with E-state index in [1.807, 2.05) is 0 Å². The number of rotatable bonds is 3. The van der Waals surface area contributed by atoms with Gasteiger partial charge in [-0.25, -0.2) is 8.78 Å². The van der Waals surface area contributed by atoms with E-state index in [1.54, 1.807) is 0 Å². The molecule has 0 aliphatic heterocycles. The summed E-state index contributed by atoms with van der Waals surface area (Å²) < 4.78 is 27.8. The summed E-state index contributed by atoms with van der Waals surface area (Å²) in [6.07, 6.45) is 4.04. The summed E-state index contributed by atoms with van der Waals surface area (Å²) in [6.45, 7) is 2.65. The molecule has 3 heteroatoms. The number of hydrogen-bond donors (Lipinski definition) is 1. The van der Waals surface area contributed by atoms with Gasteiger partial charge in [-0.2, -0.15) is 0 Å². The Balaban J connectivity index is 2.32. The molecular weight excluding hydrogens is 232 g/mol. The van der Waals surface area contributed by atoms with Gasteiger partial charge in [0, 0.05) is 5.56 Å². The van der Waals surface area contributed by atoms with Crippen molar-refractivity contribution in [3.8, 4) is 0 Å². The molecule has 3 atom stereocenters. The van der Waals surface area contributed by atoms with Crippen molar-refractivity contribution in [3.63, 3.8) is 0 Å². The molecule has 0 bridgehead atoms. The first-order chi connectivity index (χ1) is 8.67. The lowest BCUT2D eigenvalue weighted by atomic mass is 9.70. The van der Waals surface area contributed by atoms with Gasteiger partial charge in [0.15, 0.2) is 0 Å². The van der Waals surface area contributed by atoms with E-state index in [2.05, 4.69) is 6.92 Å². The van der Waals surface area contributed by atoms with Crippen molar-refractivity contribution in [2.45, 2.75) is 38.5 Å². The number of nitrogens with two attached hydrogens (primary N) is 1. The van der Waals surface area contributed by atoms with Gasteiger partial charge in [0.2, 0.25) is 0 Å². The molecule has 1 fully saturated rings. The first-order valence-electron chi connectivity index (χ1n) is 6.81. The molecule has 0 radical (unpaired) electrons. The highest BCUT2D eigenvalue weighted by molar-refractivity contribution is 5.25. The molecule has 1 aliphatic rings. The van der Waals surface area contributed by atoms with Crippen LogP contribution in [0.1, 0.15) is 44.1 Å². The topological polar surface area (TPSA) is 26.0 Å². The second-order valence-corrected chi connectivity index (χ2v) is 5.32. The molecule has 1 aliphatic carbocycles. The fourth-order valence-electron chi connectivity index (χ4n) is 3.19. The maximum atomic E-state index is 13.9. The highest BCUT2D eigenvalue weighted by atomic mass is 19.1. The van der Waals surface area contributed by atoms with Crippen molar-refractivity contribution in [2.75, 3.05) is 6.54 Å². The van der Waals surface area contributed by atoms with E-state index in [9.17, 15) is 8.78 Å². The highest BCUT2D eigenvalue weighted by Gasteiger charge is 2.33. The number of benzene rings is 1. The van der Waals surface area contributed by atoms with Crippen LogP contribution in [0, 0.1) is 23.5 Å². The van der Waals surface area contributed by atoms with Gasteiger partial charge < -0.3 is 5.73 Å². The summed E-state index contributed by atoms with van der Waals surface area (Å²) in [4.78, 5) is 0. The van der Waals surface area contributed by atoms with Gasteiger partial charge >= 0.3 is 0 Å². The molecule has 2 N–H and O–H groups in total. The Morgan fingerprint density at radius 3 is 2.44 bits per heavy atom. The average Bonchev–Trinajstić information content (AvgIpc) is 2.38. The number of halogens is 2. The molecule has 0 aromatic heterocycles. The van der Waals surface area contributed by atoms with E-state index in [0.717, 1.165) is 25.7 Å². The minimum Gasteiger partial charge on any atom is -0.330 e. The van der Waals surface area contributed by atoms with Crippen molar-refractivity contribution in [3.05, 3.63) is 35.4 Å². The van der Waals surface area contributed by atoms with Gasteiger partial charge in [0.25, 0.3) is 0 Å². The smallest absolute Gasteiger partial charge is 0.129 e. The summed E-state index contributed by atoms with van der Waals surface area (Å²) in [5.41, 5.74) is 6.03. The lowest BCUT2D eigenvalue weighted by molar-refractivity contribution is 0.228. The molecule has 2 rings (SSSR count). The van der Waals surface area contributed by atoms with Crippen LogP contribution in [0.4, 0.5) is 8.78 Å². The Morgan fingerprint density at radius 2 is 1.89 bits per heavy atom. The van der Waals surface area contributed by atoms with Crippen molar-refractivity contribution in [1.82, 2.24) is 0 Å². The Kier molecular flexibility index (Phi) is 4.33. The molecule has 1 aromatic carbocycles. The summed E-state index contributed by atoms with van der Waals surface area (Å²) in [5, 5.41) is 0. The second kappa shape index (κ2) is 5.79. The molecule has 0 spiro atoms. The Hall–Kier alpha value is -0.960. The van der Waals surface area contributed by atoms with Crippen LogP contribution < -0.4 is 5.73 Å². The van der Waals surface area contributed by atoms with Crippen LogP contribution in [-0.2, 0) is 0 Å². The van der Waals surface area contributed by atoms with Crippen LogP contribution in [0.25, 0.3) is 0 Å². The highest BCUT2D eigenvalue weighted by Crippen LogP contribution is 2.42. The Labute approximate surface area is 107 Å². The fourth-order valence-corrected chi connectivity index (χ4v) is 3.19. The van der Waals surface area contributed by atoms with Gasteiger partial charge in [-0.1, -0.05) is 25.8 Å². The van der Waals surface area contributed by atoms with E-state index in [-0.39, 0.29) is 17.4 Å². The summed E-state index contributed by atoms with van der Waals surface area (Å²) in [7, 11) is 0. The maximum absolute atomic E-state index is 13.9. The molecule has 0 amide bonds. The van der Waals surface area contributed by atoms with Crippen LogP contribution >= 0.6 is 0 Å². The van der Waals surface area contributed by atoms with E-state index in [1.165, 1.54) is 18.2 Å². The normalized spacial score (nSPS) is 28.3. The van der Waals surface area contributed by atoms with Gasteiger partial charge in [0.05, 0.1) is 0 Å². The summed E-state index contributed by atoms with van der Waals surface area (Å²) in [5.74, 6) is -0.128. The van der Waals surface area contributed by atoms with Crippen molar-refractivity contribution in [2.24, 2.45) is 17.6 Å². The quantitative estimate of drug-likeness (QED) is 0.870. The van der Waals surface area contributed by atoms with Crippen LogP contribution in [0.3, 0.4) is 0 Å². The van der Waals surface area contributed by atoms with E-state index in [0.29, 0.717) is 12.5 Å². The van der Waals surface area contributed by atoms with Crippen molar-refractivity contribution in [1.29, 1.82) is 0 Å². The maximum Gasteiger partial charge on any atom is 0.129 e. The predicted octanol–water partition coefficient (Wildman–Crippen LogP) is 3.83. The number of hydrogen-bond acceptors (Lipinski definition) is 1. The second-order valence-electron chi connectivity index (χ2n) is 5.32. The van der Waals surface area contributed by atoms with Gasteiger partial charge in [-0.15, -0.1) is 0 Å². The molecule has 1 nitrogen and oxygen atoms in total.